The van der Waals surface area contributed by atoms with E-state index in [-0.39, 0.29) is 5.75 Å². The molecule has 1 rings (SSSR count). The first-order valence-corrected chi connectivity index (χ1v) is 5.93. The summed E-state index contributed by atoms with van der Waals surface area (Å²) in [5.41, 5.74) is 2.75. The molecule has 7 heteroatoms. The van der Waals surface area contributed by atoms with E-state index >= 15 is 0 Å². The number of hydrazone groups is 1. The molecule has 3 N–H and O–H groups in total. The van der Waals surface area contributed by atoms with Crippen molar-refractivity contribution in [3.05, 3.63) is 28.2 Å². The standard InChI is InChI=1S/C11H12BrN3O3/c1-2-13-10(17)11(18)15-14-6-7-3-4-9(16)8(12)5-7/h3-6,16H,2H2,1H3,(H,13,17)(H,15,18)/b14-6+. The Kier molecular flexibility index (Phi) is 5.31. The summed E-state index contributed by atoms with van der Waals surface area (Å²) in [6.45, 7) is 2.09. The third-order valence-electron chi connectivity index (χ3n) is 1.90. The van der Waals surface area contributed by atoms with Crippen LogP contribution in [0.1, 0.15) is 12.5 Å². The summed E-state index contributed by atoms with van der Waals surface area (Å²) in [5.74, 6) is -1.45. The van der Waals surface area contributed by atoms with Gasteiger partial charge in [-0.3, -0.25) is 9.59 Å². The molecule has 0 fully saturated rings. The van der Waals surface area contributed by atoms with Crippen LogP contribution in [0.15, 0.2) is 27.8 Å². The minimum absolute atomic E-state index is 0.110. The van der Waals surface area contributed by atoms with Crippen LogP contribution in [0.3, 0.4) is 0 Å². The van der Waals surface area contributed by atoms with Crippen LogP contribution in [-0.2, 0) is 9.59 Å². The summed E-state index contributed by atoms with van der Waals surface area (Å²) < 4.78 is 0.515. The number of hydrogen-bond acceptors (Lipinski definition) is 4. The molecule has 0 saturated carbocycles. The highest BCUT2D eigenvalue weighted by Gasteiger charge is 2.10. The minimum atomic E-state index is -0.828. The number of nitrogens with zero attached hydrogens (tertiary/aromatic N) is 1. The molecule has 0 aliphatic carbocycles. The molecule has 0 atom stereocenters. The van der Waals surface area contributed by atoms with Crippen molar-refractivity contribution in [2.45, 2.75) is 6.92 Å². The minimum Gasteiger partial charge on any atom is -0.507 e. The lowest BCUT2D eigenvalue weighted by molar-refractivity contribution is -0.139. The summed E-state index contributed by atoms with van der Waals surface area (Å²) in [6, 6.07) is 4.72. The fourth-order valence-electron chi connectivity index (χ4n) is 1.06. The van der Waals surface area contributed by atoms with Crippen LogP contribution in [0.25, 0.3) is 0 Å². The van der Waals surface area contributed by atoms with E-state index in [1.807, 2.05) is 0 Å². The van der Waals surface area contributed by atoms with Gasteiger partial charge in [0.2, 0.25) is 0 Å². The van der Waals surface area contributed by atoms with Gasteiger partial charge in [-0.1, -0.05) is 0 Å². The second-order valence-electron chi connectivity index (χ2n) is 3.27. The van der Waals surface area contributed by atoms with Gasteiger partial charge in [0.25, 0.3) is 0 Å². The molecular formula is C11H12BrN3O3. The number of nitrogens with one attached hydrogen (secondary N) is 2. The molecule has 0 aliphatic rings. The average Bonchev–Trinajstić information content (AvgIpc) is 2.34. The average molecular weight is 314 g/mol. The molecule has 1 aromatic carbocycles. The molecular weight excluding hydrogens is 302 g/mol. The van der Waals surface area contributed by atoms with E-state index in [4.69, 9.17) is 0 Å². The van der Waals surface area contributed by atoms with Crippen molar-refractivity contribution >= 4 is 34.0 Å². The van der Waals surface area contributed by atoms with Crippen molar-refractivity contribution in [1.29, 1.82) is 0 Å². The van der Waals surface area contributed by atoms with Crippen LogP contribution in [0.5, 0.6) is 5.75 Å². The zero-order chi connectivity index (χ0) is 13.5. The van der Waals surface area contributed by atoms with Crippen molar-refractivity contribution in [2.24, 2.45) is 5.10 Å². The van der Waals surface area contributed by atoms with E-state index in [0.29, 0.717) is 16.6 Å². The zero-order valence-corrected chi connectivity index (χ0v) is 11.2. The number of carbonyl (C=O) groups is 2. The lowest BCUT2D eigenvalue weighted by atomic mass is 10.2. The summed E-state index contributed by atoms with van der Waals surface area (Å²) in [5, 5.41) is 15.2. The van der Waals surface area contributed by atoms with Gasteiger partial charge < -0.3 is 10.4 Å². The molecule has 0 radical (unpaired) electrons. The molecule has 0 bridgehead atoms. The van der Waals surface area contributed by atoms with Crippen molar-refractivity contribution in [3.8, 4) is 5.75 Å². The lowest BCUT2D eigenvalue weighted by Gasteiger charge is -2.00. The van der Waals surface area contributed by atoms with Crippen LogP contribution in [0, 0.1) is 0 Å². The number of hydrogen-bond donors (Lipinski definition) is 3. The summed E-state index contributed by atoms with van der Waals surface area (Å²) in [6.07, 6.45) is 1.36. The van der Waals surface area contributed by atoms with Crippen LogP contribution in [0.2, 0.25) is 0 Å². The predicted octanol–water partition coefficient (Wildman–Crippen LogP) is 0.741. The molecule has 0 unspecified atom stereocenters. The highest BCUT2D eigenvalue weighted by molar-refractivity contribution is 9.10. The summed E-state index contributed by atoms with van der Waals surface area (Å²) in [7, 11) is 0. The van der Waals surface area contributed by atoms with Gasteiger partial charge in [0.15, 0.2) is 0 Å². The number of phenols is 1. The fraction of sp³-hybridized carbons (Fsp3) is 0.182. The van der Waals surface area contributed by atoms with Crippen molar-refractivity contribution < 1.29 is 14.7 Å². The molecule has 96 valence electrons. The van der Waals surface area contributed by atoms with E-state index in [9.17, 15) is 14.7 Å². The molecule has 0 aliphatic heterocycles. The first kappa shape index (κ1) is 14.2. The van der Waals surface area contributed by atoms with E-state index in [0.717, 1.165) is 0 Å². The van der Waals surface area contributed by atoms with Crippen LogP contribution in [0.4, 0.5) is 0 Å². The van der Waals surface area contributed by atoms with Gasteiger partial charge in [0, 0.05) is 6.54 Å². The van der Waals surface area contributed by atoms with Gasteiger partial charge in [-0.2, -0.15) is 5.10 Å². The zero-order valence-electron chi connectivity index (χ0n) is 9.61. The van der Waals surface area contributed by atoms with Crippen molar-refractivity contribution in [3.63, 3.8) is 0 Å². The van der Waals surface area contributed by atoms with E-state index in [1.54, 1.807) is 19.1 Å². The van der Waals surface area contributed by atoms with Crippen molar-refractivity contribution in [2.75, 3.05) is 6.54 Å². The normalized spacial score (nSPS) is 10.3. The smallest absolute Gasteiger partial charge is 0.329 e. The molecule has 0 heterocycles. The molecule has 18 heavy (non-hydrogen) atoms. The number of benzene rings is 1. The second kappa shape index (κ2) is 6.75. The Labute approximate surface area is 112 Å². The largest absolute Gasteiger partial charge is 0.507 e. The van der Waals surface area contributed by atoms with Gasteiger partial charge in [-0.25, -0.2) is 5.43 Å². The number of likely N-dealkylation sites (N-methyl/N-ethyl adjacent to an activating group) is 1. The van der Waals surface area contributed by atoms with Gasteiger partial charge in [-0.15, -0.1) is 0 Å². The maximum atomic E-state index is 11.2. The number of aromatic hydroxyl groups is 1. The number of halogens is 1. The molecule has 1 aromatic rings. The number of amides is 2. The van der Waals surface area contributed by atoms with Gasteiger partial charge in [0.1, 0.15) is 5.75 Å². The maximum absolute atomic E-state index is 11.2. The maximum Gasteiger partial charge on any atom is 0.329 e. The number of phenolic OH excluding ortho intramolecular Hbond substituents is 1. The molecule has 2 amide bonds. The van der Waals surface area contributed by atoms with E-state index in [2.05, 4.69) is 31.8 Å². The van der Waals surface area contributed by atoms with Crippen molar-refractivity contribution in [1.82, 2.24) is 10.7 Å². The summed E-state index contributed by atoms with van der Waals surface area (Å²) >= 11 is 3.15. The first-order valence-electron chi connectivity index (χ1n) is 5.14. The van der Waals surface area contributed by atoms with Crippen LogP contribution < -0.4 is 10.7 Å². The Balaban J connectivity index is 2.57. The Morgan fingerprint density at radius 2 is 2.17 bits per heavy atom. The molecule has 0 spiro atoms. The Hall–Kier alpha value is -1.89. The monoisotopic (exact) mass is 313 g/mol. The third kappa shape index (κ3) is 4.17. The van der Waals surface area contributed by atoms with Gasteiger partial charge >= 0.3 is 11.8 Å². The molecule has 0 aromatic heterocycles. The predicted molar refractivity (Wildman–Crippen MR) is 70.2 cm³/mol. The fourth-order valence-corrected chi connectivity index (χ4v) is 1.46. The highest BCUT2D eigenvalue weighted by atomic mass is 79.9. The highest BCUT2D eigenvalue weighted by Crippen LogP contribution is 2.23. The quantitative estimate of drug-likeness (QED) is 0.437. The molecule has 0 saturated heterocycles. The number of carbonyl (C=O) groups excluding carboxylic acids is 2. The second-order valence-corrected chi connectivity index (χ2v) is 4.12. The molecule has 6 nitrogen and oxygen atoms in total. The van der Waals surface area contributed by atoms with Gasteiger partial charge in [0.05, 0.1) is 10.7 Å². The van der Waals surface area contributed by atoms with Gasteiger partial charge in [-0.05, 0) is 46.6 Å². The third-order valence-corrected chi connectivity index (χ3v) is 2.53. The van der Waals surface area contributed by atoms with E-state index < -0.39 is 11.8 Å². The topological polar surface area (TPSA) is 90.8 Å². The van der Waals surface area contributed by atoms with Crippen LogP contribution in [-0.4, -0.2) is 29.7 Å². The summed E-state index contributed by atoms with van der Waals surface area (Å²) in [4.78, 5) is 22.2. The van der Waals surface area contributed by atoms with E-state index in [1.165, 1.54) is 12.3 Å². The number of rotatable bonds is 3. The SMILES string of the molecule is CCNC(=O)C(=O)N/N=C/c1ccc(O)c(Br)c1. The lowest BCUT2D eigenvalue weighted by Crippen LogP contribution is -2.37. The Bertz CT molecular complexity index is 488. The first-order chi connectivity index (χ1) is 8.54. The Morgan fingerprint density at radius 1 is 1.44 bits per heavy atom. The van der Waals surface area contributed by atoms with Crippen LogP contribution >= 0.6 is 15.9 Å². The Morgan fingerprint density at radius 3 is 2.78 bits per heavy atom.